The van der Waals surface area contributed by atoms with Gasteiger partial charge in [-0.2, -0.15) is 0 Å². The maximum Gasteiger partial charge on any atom is 0.115 e. The van der Waals surface area contributed by atoms with Gasteiger partial charge < -0.3 is 10.8 Å². The van der Waals surface area contributed by atoms with Crippen LogP contribution < -0.4 is 5.73 Å². The van der Waals surface area contributed by atoms with Gasteiger partial charge in [-0.15, -0.1) is 0 Å². The van der Waals surface area contributed by atoms with E-state index >= 15 is 0 Å². The Morgan fingerprint density at radius 1 is 1.31 bits per heavy atom. The van der Waals surface area contributed by atoms with E-state index in [9.17, 15) is 5.11 Å². The van der Waals surface area contributed by atoms with Crippen LogP contribution in [-0.4, -0.2) is 11.1 Å². The molecular formula is C14H21NO. The molecule has 0 aromatic heterocycles. The van der Waals surface area contributed by atoms with E-state index in [1.54, 1.807) is 12.1 Å². The van der Waals surface area contributed by atoms with Crippen molar-refractivity contribution in [3.63, 3.8) is 0 Å². The van der Waals surface area contributed by atoms with Gasteiger partial charge in [-0.3, -0.25) is 0 Å². The van der Waals surface area contributed by atoms with E-state index in [4.69, 9.17) is 5.73 Å². The van der Waals surface area contributed by atoms with Crippen LogP contribution in [0.4, 0.5) is 0 Å². The summed E-state index contributed by atoms with van der Waals surface area (Å²) in [5, 5.41) is 9.21. The summed E-state index contributed by atoms with van der Waals surface area (Å²) in [6.45, 7) is 2.31. The van der Waals surface area contributed by atoms with Crippen LogP contribution in [0.3, 0.4) is 0 Å². The average Bonchev–Trinajstić information content (AvgIpc) is 2.68. The monoisotopic (exact) mass is 219 g/mol. The summed E-state index contributed by atoms with van der Waals surface area (Å²) in [6, 6.07) is 7.68. The van der Waals surface area contributed by atoms with Crippen LogP contribution in [0.5, 0.6) is 5.75 Å². The minimum atomic E-state index is 0.273. The first-order chi connectivity index (χ1) is 7.65. The predicted octanol–water partition coefficient (Wildman–Crippen LogP) is 2.70. The molecule has 2 heteroatoms. The van der Waals surface area contributed by atoms with E-state index in [0.29, 0.717) is 11.7 Å². The number of hydrogen-bond acceptors (Lipinski definition) is 2. The lowest BCUT2D eigenvalue weighted by atomic mass is 9.92. The van der Waals surface area contributed by atoms with Crippen LogP contribution >= 0.6 is 0 Å². The zero-order chi connectivity index (χ0) is 11.5. The van der Waals surface area contributed by atoms with Crippen molar-refractivity contribution in [2.45, 2.75) is 38.6 Å². The SMILES string of the molecule is CC1CCC(C(N)Cc2ccc(O)cc2)C1. The first-order valence-corrected chi connectivity index (χ1v) is 6.18. The lowest BCUT2D eigenvalue weighted by Crippen LogP contribution is -2.30. The Bertz CT molecular complexity index is 333. The van der Waals surface area contributed by atoms with Crippen LogP contribution in [-0.2, 0) is 6.42 Å². The van der Waals surface area contributed by atoms with Crippen molar-refractivity contribution in [2.75, 3.05) is 0 Å². The molecule has 2 nitrogen and oxygen atoms in total. The van der Waals surface area contributed by atoms with E-state index in [1.807, 2.05) is 12.1 Å². The standard InChI is InChI=1S/C14H21NO/c1-10-2-5-12(8-10)14(15)9-11-3-6-13(16)7-4-11/h3-4,6-7,10,12,14,16H,2,5,8-9,15H2,1H3. The minimum absolute atomic E-state index is 0.273. The van der Waals surface area contributed by atoms with E-state index in [1.165, 1.54) is 24.8 Å². The largest absolute Gasteiger partial charge is 0.508 e. The molecule has 0 heterocycles. The highest BCUT2D eigenvalue weighted by Gasteiger charge is 2.26. The molecule has 1 saturated carbocycles. The Hall–Kier alpha value is -1.02. The fourth-order valence-corrected chi connectivity index (χ4v) is 2.71. The Morgan fingerprint density at radius 3 is 2.56 bits per heavy atom. The molecule has 3 atom stereocenters. The van der Waals surface area contributed by atoms with Crippen molar-refractivity contribution < 1.29 is 5.11 Å². The second-order valence-electron chi connectivity index (χ2n) is 5.21. The van der Waals surface area contributed by atoms with Crippen LogP contribution in [0, 0.1) is 11.8 Å². The maximum absolute atomic E-state index is 9.21. The highest BCUT2D eigenvalue weighted by Crippen LogP contribution is 2.32. The van der Waals surface area contributed by atoms with Gasteiger partial charge in [0, 0.05) is 6.04 Å². The molecule has 16 heavy (non-hydrogen) atoms. The average molecular weight is 219 g/mol. The smallest absolute Gasteiger partial charge is 0.115 e. The normalized spacial score (nSPS) is 26.9. The van der Waals surface area contributed by atoms with E-state index < -0.39 is 0 Å². The molecule has 0 spiro atoms. The van der Waals surface area contributed by atoms with Gasteiger partial charge in [-0.25, -0.2) is 0 Å². The predicted molar refractivity (Wildman–Crippen MR) is 66.3 cm³/mol. The first kappa shape index (κ1) is 11.5. The molecule has 2 rings (SSSR count). The zero-order valence-corrected chi connectivity index (χ0v) is 9.89. The number of phenols is 1. The van der Waals surface area contributed by atoms with Gasteiger partial charge >= 0.3 is 0 Å². The maximum atomic E-state index is 9.21. The number of benzene rings is 1. The Morgan fingerprint density at radius 2 is 2.00 bits per heavy atom. The number of rotatable bonds is 3. The van der Waals surface area contributed by atoms with Gasteiger partial charge in [0.2, 0.25) is 0 Å². The molecule has 3 N–H and O–H groups in total. The van der Waals surface area contributed by atoms with Crippen molar-refractivity contribution >= 4 is 0 Å². The molecule has 1 aromatic rings. The molecule has 0 aliphatic heterocycles. The Balaban J connectivity index is 1.91. The number of hydrogen-bond donors (Lipinski definition) is 2. The van der Waals surface area contributed by atoms with Crippen LogP contribution in [0.25, 0.3) is 0 Å². The van der Waals surface area contributed by atoms with Gasteiger partial charge in [0.25, 0.3) is 0 Å². The molecule has 0 bridgehead atoms. The summed E-state index contributed by atoms with van der Waals surface area (Å²) in [5.41, 5.74) is 7.48. The number of nitrogens with two attached hydrogens (primary N) is 1. The quantitative estimate of drug-likeness (QED) is 0.821. The van der Waals surface area contributed by atoms with Gasteiger partial charge in [-0.05, 0) is 48.8 Å². The topological polar surface area (TPSA) is 46.2 Å². The van der Waals surface area contributed by atoms with Crippen LogP contribution in [0.15, 0.2) is 24.3 Å². The third-order valence-corrected chi connectivity index (χ3v) is 3.75. The van der Waals surface area contributed by atoms with Crippen LogP contribution in [0.1, 0.15) is 31.7 Å². The summed E-state index contributed by atoms with van der Waals surface area (Å²) in [6.07, 6.45) is 4.81. The highest BCUT2D eigenvalue weighted by molar-refractivity contribution is 5.26. The lowest BCUT2D eigenvalue weighted by Gasteiger charge is -2.19. The number of phenolic OH excluding ortho intramolecular Hbond substituents is 1. The van der Waals surface area contributed by atoms with Gasteiger partial charge in [-0.1, -0.05) is 25.5 Å². The molecule has 1 aliphatic rings. The molecule has 0 amide bonds. The molecule has 1 aromatic carbocycles. The summed E-state index contributed by atoms with van der Waals surface area (Å²) >= 11 is 0. The van der Waals surface area contributed by atoms with E-state index in [2.05, 4.69) is 6.92 Å². The van der Waals surface area contributed by atoms with Crippen molar-refractivity contribution in [3.05, 3.63) is 29.8 Å². The summed E-state index contributed by atoms with van der Waals surface area (Å²) in [7, 11) is 0. The molecule has 0 radical (unpaired) electrons. The molecule has 1 aliphatic carbocycles. The lowest BCUT2D eigenvalue weighted by molar-refractivity contribution is 0.415. The molecule has 3 unspecified atom stereocenters. The Kier molecular flexibility index (Phi) is 3.49. The third-order valence-electron chi connectivity index (χ3n) is 3.75. The van der Waals surface area contributed by atoms with Gasteiger partial charge in [0.15, 0.2) is 0 Å². The fraction of sp³-hybridized carbons (Fsp3) is 0.571. The molecule has 0 saturated heterocycles. The van der Waals surface area contributed by atoms with Crippen molar-refractivity contribution in [3.8, 4) is 5.75 Å². The molecule has 1 fully saturated rings. The Labute approximate surface area is 97.5 Å². The minimum Gasteiger partial charge on any atom is -0.508 e. The fourth-order valence-electron chi connectivity index (χ4n) is 2.71. The highest BCUT2D eigenvalue weighted by atomic mass is 16.3. The zero-order valence-electron chi connectivity index (χ0n) is 9.89. The summed E-state index contributed by atoms with van der Waals surface area (Å²) < 4.78 is 0. The molecule has 88 valence electrons. The summed E-state index contributed by atoms with van der Waals surface area (Å²) in [4.78, 5) is 0. The first-order valence-electron chi connectivity index (χ1n) is 6.18. The van der Waals surface area contributed by atoms with Gasteiger partial charge in [0.1, 0.15) is 5.75 Å². The number of aromatic hydroxyl groups is 1. The second-order valence-corrected chi connectivity index (χ2v) is 5.21. The van der Waals surface area contributed by atoms with Crippen LogP contribution in [0.2, 0.25) is 0 Å². The molecular weight excluding hydrogens is 198 g/mol. The second kappa shape index (κ2) is 4.88. The van der Waals surface area contributed by atoms with E-state index in [-0.39, 0.29) is 6.04 Å². The third kappa shape index (κ3) is 2.76. The van der Waals surface area contributed by atoms with Crippen molar-refractivity contribution in [1.82, 2.24) is 0 Å². The van der Waals surface area contributed by atoms with Crippen molar-refractivity contribution in [1.29, 1.82) is 0 Å². The van der Waals surface area contributed by atoms with Crippen molar-refractivity contribution in [2.24, 2.45) is 17.6 Å². The van der Waals surface area contributed by atoms with Gasteiger partial charge in [0.05, 0.1) is 0 Å². The van der Waals surface area contributed by atoms with E-state index in [0.717, 1.165) is 12.3 Å². The summed E-state index contributed by atoms with van der Waals surface area (Å²) in [5.74, 6) is 1.85.